The summed E-state index contributed by atoms with van der Waals surface area (Å²) in [5.41, 5.74) is 0.424. The lowest BCUT2D eigenvalue weighted by Crippen LogP contribution is -2.22. The molecule has 0 amide bonds. The van der Waals surface area contributed by atoms with E-state index in [1.165, 1.54) is 32.3 Å². The van der Waals surface area contributed by atoms with Crippen molar-refractivity contribution < 1.29 is 13.2 Å². The average Bonchev–Trinajstić information content (AvgIpc) is 2.17. The summed E-state index contributed by atoms with van der Waals surface area (Å²) in [6.45, 7) is 0. The van der Waals surface area contributed by atoms with E-state index in [9.17, 15) is 13.2 Å². The Morgan fingerprint density at radius 3 is 2.33 bits per heavy atom. The van der Waals surface area contributed by atoms with Gasteiger partial charge in [0.05, 0.1) is 4.90 Å². The standard InChI is InChI=1S/C9H10BrNO3S/c1-11(2)15(13,14)8-4-3-7(6-12)9(10)5-8/h3-6H,1-2H3. The molecule has 1 aromatic carbocycles. The number of halogens is 1. The normalized spacial score (nSPS) is 11.7. The fourth-order valence-electron chi connectivity index (χ4n) is 0.975. The van der Waals surface area contributed by atoms with Crippen LogP contribution in [0, 0.1) is 0 Å². The third kappa shape index (κ3) is 2.45. The molecule has 1 rings (SSSR count). The molecule has 0 spiro atoms. The van der Waals surface area contributed by atoms with Gasteiger partial charge in [0, 0.05) is 24.1 Å². The Morgan fingerprint density at radius 1 is 1.33 bits per heavy atom. The van der Waals surface area contributed by atoms with E-state index in [0.29, 0.717) is 16.3 Å². The zero-order valence-corrected chi connectivity index (χ0v) is 10.7. The number of benzene rings is 1. The van der Waals surface area contributed by atoms with E-state index in [2.05, 4.69) is 15.9 Å². The predicted molar refractivity (Wildman–Crippen MR) is 60.4 cm³/mol. The van der Waals surface area contributed by atoms with Crippen molar-refractivity contribution >= 4 is 32.2 Å². The maximum absolute atomic E-state index is 11.7. The Kier molecular flexibility index (Phi) is 3.64. The van der Waals surface area contributed by atoms with Crippen LogP contribution in [-0.4, -0.2) is 33.1 Å². The average molecular weight is 292 g/mol. The molecule has 0 radical (unpaired) electrons. The van der Waals surface area contributed by atoms with Crippen LogP contribution in [0.2, 0.25) is 0 Å². The third-order valence-electron chi connectivity index (χ3n) is 1.88. The van der Waals surface area contributed by atoms with Gasteiger partial charge in [-0.15, -0.1) is 0 Å². The van der Waals surface area contributed by atoms with Crippen LogP contribution in [0.25, 0.3) is 0 Å². The number of carbonyl (C=O) groups excluding carboxylic acids is 1. The van der Waals surface area contributed by atoms with E-state index in [-0.39, 0.29) is 4.90 Å². The van der Waals surface area contributed by atoms with Gasteiger partial charge in [0.15, 0.2) is 6.29 Å². The van der Waals surface area contributed by atoms with Crippen molar-refractivity contribution in [3.05, 3.63) is 28.2 Å². The molecule has 6 heteroatoms. The summed E-state index contributed by atoms with van der Waals surface area (Å²) < 4.78 is 25.0. The molecule has 0 aliphatic carbocycles. The Labute approximate surface area is 97.1 Å². The van der Waals surface area contributed by atoms with Crippen molar-refractivity contribution in [1.29, 1.82) is 0 Å². The van der Waals surface area contributed by atoms with Crippen molar-refractivity contribution in [2.45, 2.75) is 4.90 Å². The molecular formula is C9H10BrNO3S. The first-order valence-corrected chi connectivity index (χ1v) is 6.30. The van der Waals surface area contributed by atoms with Gasteiger partial charge in [-0.3, -0.25) is 4.79 Å². The molecule has 1 aromatic rings. The van der Waals surface area contributed by atoms with Crippen molar-refractivity contribution in [3.8, 4) is 0 Å². The van der Waals surface area contributed by atoms with Gasteiger partial charge < -0.3 is 0 Å². The van der Waals surface area contributed by atoms with Crippen LogP contribution in [0.1, 0.15) is 10.4 Å². The maximum atomic E-state index is 11.7. The minimum atomic E-state index is -3.44. The number of carbonyl (C=O) groups is 1. The van der Waals surface area contributed by atoms with Gasteiger partial charge in [-0.25, -0.2) is 12.7 Å². The van der Waals surface area contributed by atoms with Crippen molar-refractivity contribution in [2.75, 3.05) is 14.1 Å². The lowest BCUT2D eigenvalue weighted by atomic mass is 10.2. The highest BCUT2D eigenvalue weighted by Gasteiger charge is 2.17. The number of hydrogen-bond acceptors (Lipinski definition) is 3. The number of nitrogens with zero attached hydrogens (tertiary/aromatic N) is 1. The van der Waals surface area contributed by atoms with Gasteiger partial charge >= 0.3 is 0 Å². The Morgan fingerprint density at radius 2 is 1.93 bits per heavy atom. The summed E-state index contributed by atoms with van der Waals surface area (Å²) in [5.74, 6) is 0. The first-order valence-electron chi connectivity index (χ1n) is 4.07. The molecule has 0 bridgehead atoms. The second-order valence-corrected chi connectivity index (χ2v) is 6.09. The molecule has 0 atom stereocenters. The highest BCUT2D eigenvalue weighted by Crippen LogP contribution is 2.21. The predicted octanol–water partition coefficient (Wildman–Crippen LogP) is 1.51. The molecule has 0 aromatic heterocycles. The van der Waals surface area contributed by atoms with Crippen LogP contribution in [0.15, 0.2) is 27.6 Å². The fourth-order valence-corrected chi connectivity index (χ4v) is 2.53. The fraction of sp³-hybridized carbons (Fsp3) is 0.222. The molecule has 0 unspecified atom stereocenters. The zero-order valence-electron chi connectivity index (χ0n) is 8.27. The van der Waals surface area contributed by atoms with Gasteiger partial charge in [0.2, 0.25) is 10.0 Å². The molecule has 0 aliphatic heterocycles. The minimum absolute atomic E-state index is 0.157. The van der Waals surface area contributed by atoms with Gasteiger partial charge in [0.1, 0.15) is 0 Å². The summed E-state index contributed by atoms with van der Waals surface area (Å²) in [7, 11) is -0.527. The van der Waals surface area contributed by atoms with Gasteiger partial charge in [0.25, 0.3) is 0 Å². The first-order chi connectivity index (χ1) is 6.89. The summed E-state index contributed by atoms with van der Waals surface area (Å²) in [5, 5.41) is 0. The molecule has 4 nitrogen and oxygen atoms in total. The topological polar surface area (TPSA) is 54.5 Å². The minimum Gasteiger partial charge on any atom is -0.298 e. The monoisotopic (exact) mass is 291 g/mol. The number of aldehydes is 1. The van der Waals surface area contributed by atoms with Crippen LogP contribution >= 0.6 is 15.9 Å². The number of hydrogen-bond donors (Lipinski definition) is 0. The summed E-state index contributed by atoms with van der Waals surface area (Å²) in [6.07, 6.45) is 0.663. The number of sulfonamides is 1. The molecular weight excluding hydrogens is 282 g/mol. The van der Waals surface area contributed by atoms with Gasteiger partial charge in [-0.1, -0.05) is 15.9 Å². The molecule has 0 aliphatic rings. The third-order valence-corrected chi connectivity index (χ3v) is 4.38. The highest BCUT2D eigenvalue weighted by molar-refractivity contribution is 9.10. The summed E-state index contributed by atoms with van der Waals surface area (Å²) >= 11 is 3.13. The van der Waals surface area contributed by atoms with E-state index in [1.54, 1.807) is 0 Å². The van der Waals surface area contributed by atoms with Gasteiger partial charge in [-0.2, -0.15) is 0 Å². The van der Waals surface area contributed by atoms with E-state index in [4.69, 9.17) is 0 Å². The lowest BCUT2D eigenvalue weighted by Gasteiger charge is -2.11. The van der Waals surface area contributed by atoms with E-state index < -0.39 is 10.0 Å². The molecule has 0 N–H and O–H groups in total. The molecule has 0 heterocycles. The van der Waals surface area contributed by atoms with Gasteiger partial charge in [-0.05, 0) is 18.2 Å². The van der Waals surface area contributed by atoms with Crippen LogP contribution in [0.5, 0.6) is 0 Å². The van der Waals surface area contributed by atoms with Crippen LogP contribution in [-0.2, 0) is 10.0 Å². The van der Waals surface area contributed by atoms with E-state index in [0.717, 1.165) is 4.31 Å². The van der Waals surface area contributed by atoms with Crippen LogP contribution < -0.4 is 0 Å². The molecule has 0 saturated heterocycles. The SMILES string of the molecule is CN(C)S(=O)(=O)c1ccc(C=O)c(Br)c1. The summed E-state index contributed by atoms with van der Waals surface area (Å²) in [4.78, 5) is 10.7. The molecule has 82 valence electrons. The van der Waals surface area contributed by atoms with Crippen molar-refractivity contribution in [2.24, 2.45) is 0 Å². The van der Waals surface area contributed by atoms with Crippen molar-refractivity contribution in [3.63, 3.8) is 0 Å². The largest absolute Gasteiger partial charge is 0.298 e. The zero-order chi connectivity index (χ0) is 11.6. The summed E-state index contributed by atoms with van der Waals surface area (Å²) in [6, 6.07) is 4.29. The quantitative estimate of drug-likeness (QED) is 0.794. The second kappa shape index (κ2) is 4.42. The van der Waals surface area contributed by atoms with E-state index in [1.807, 2.05) is 0 Å². The molecule has 15 heavy (non-hydrogen) atoms. The van der Waals surface area contributed by atoms with E-state index >= 15 is 0 Å². The first kappa shape index (κ1) is 12.4. The van der Waals surface area contributed by atoms with Crippen LogP contribution in [0.3, 0.4) is 0 Å². The maximum Gasteiger partial charge on any atom is 0.242 e. The second-order valence-electron chi connectivity index (χ2n) is 3.09. The number of rotatable bonds is 3. The highest BCUT2D eigenvalue weighted by atomic mass is 79.9. The Balaban J connectivity index is 3.31. The molecule has 0 fully saturated rings. The Bertz CT molecular complexity index is 482. The van der Waals surface area contributed by atoms with Crippen LogP contribution in [0.4, 0.5) is 0 Å². The van der Waals surface area contributed by atoms with Crippen molar-refractivity contribution in [1.82, 2.24) is 4.31 Å². The lowest BCUT2D eigenvalue weighted by molar-refractivity contribution is 0.112. The smallest absolute Gasteiger partial charge is 0.242 e. The molecule has 0 saturated carbocycles. The Hall–Kier alpha value is -0.720.